The van der Waals surface area contributed by atoms with Crippen molar-refractivity contribution in [3.05, 3.63) is 88.0 Å². The maximum Gasteiger partial charge on any atom is 0.504 e. The van der Waals surface area contributed by atoms with Gasteiger partial charge in [-0.2, -0.15) is 21.5 Å². The third kappa shape index (κ3) is 4.62. The van der Waals surface area contributed by atoms with E-state index < -0.39 is 6.30 Å². The summed E-state index contributed by atoms with van der Waals surface area (Å²) < 4.78 is 42.2. The Balaban J connectivity index is 1.76. The molecule has 0 aliphatic carbocycles. The van der Waals surface area contributed by atoms with Crippen LogP contribution in [0, 0.1) is 0 Å². The average Bonchev–Trinajstić information content (AvgIpc) is 3.54. The minimum atomic E-state index is -4.66. The Labute approximate surface area is 213 Å². The smallest absolute Gasteiger partial charge is 0.350 e. The lowest BCUT2D eigenvalue weighted by atomic mass is 9.95. The second-order valence-corrected chi connectivity index (χ2v) is 9.55. The number of fused-ring (bicyclic) bond motifs is 1. The zero-order chi connectivity index (χ0) is 26.3. The van der Waals surface area contributed by atoms with E-state index in [1.165, 1.54) is 4.57 Å². The summed E-state index contributed by atoms with van der Waals surface area (Å²) >= 11 is 1.64. The van der Waals surface area contributed by atoms with Crippen molar-refractivity contribution in [2.24, 2.45) is 7.05 Å². The number of nitrogens with zero attached hydrogens (tertiary/aromatic N) is 4. The summed E-state index contributed by atoms with van der Waals surface area (Å²) in [5.41, 5.74) is 3.09. The number of benzene rings is 1. The standard InChI is InChI=1S/C26H22F3N5O2S/c1-32-14-21(18-11-23(35)33(8-9-37-2)15-20(18)16-6-4-3-5-7-16)19-10-22(31-24(19)25(32)36)17-12-30-34(13-17)26(27,28)29/h3-7,10-15,31H,8-9H2,1-2H3. The van der Waals surface area contributed by atoms with E-state index >= 15 is 0 Å². The monoisotopic (exact) mass is 525 g/mol. The second-order valence-electron chi connectivity index (χ2n) is 8.56. The van der Waals surface area contributed by atoms with E-state index in [0.29, 0.717) is 28.8 Å². The van der Waals surface area contributed by atoms with Crippen molar-refractivity contribution in [1.29, 1.82) is 0 Å². The third-order valence-electron chi connectivity index (χ3n) is 6.16. The fourth-order valence-corrected chi connectivity index (χ4v) is 4.69. The number of pyridine rings is 2. The summed E-state index contributed by atoms with van der Waals surface area (Å²) in [4.78, 5) is 29.0. The quantitative estimate of drug-likeness (QED) is 0.336. The summed E-state index contributed by atoms with van der Waals surface area (Å²) in [5.74, 6) is 0.768. The van der Waals surface area contributed by atoms with Gasteiger partial charge in [0, 0.05) is 71.8 Å². The molecule has 0 aliphatic rings. The van der Waals surface area contributed by atoms with Gasteiger partial charge < -0.3 is 14.1 Å². The number of rotatable bonds is 6. The van der Waals surface area contributed by atoms with Gasteiger partial charge in [-0.3, -0.25) is 9.59 Å². The van der Waals surface area contributed by atoms with E-state index in [-0.39, 0.29) is 26.9 Å². The number of aromatic amines is 1. The maximum absolute atomic E-state index is 13.1. The molecule has 0 saturated carbocycles. The normalized spacial score (nSPS) is 11.9. The van der Waals surface area contributed by atoms with Gasteiger partial charge in [-0.05, 0) is 23.4 Å². The summed E-state index contributed by atoms with van der Waals surface area (Å²) in [7, 11) is 1.59. The van der Waals surface area contributed by atoms with Crippen LogP contribution in [0.3, 0.4) is 0 Å². The van der Waals surface area contributed by atoms with Gasteiger partial charge in [0.05, 0.1) is 6.20 Å². The van der Waals surface area contributed by atoms with E-state index in [1.54, 1.807) is 41.7 Å². The molecule has 0 radical (unpaired) electrons. The van der Waals surface area contributed by atoms with Crippen LogP contribution in [0.25, 0.3) is 44.4 Å². The molecule has 11 heteroatoms. The molecular weight excluding hydrogens is 503 g/mol. The first kappa shape index (κ1) is 24.7. The minimum absolute atomic E-state index is 0.0887. The summed E-state index contributed by atoms with van der Waals surface area (Å²) in [6.07, 6.45) is 2.73. The zero-order valence-corrected chi connectivity index (χ0v) is 20.7. The van der Waals surface area contributed by atoms with Crippen molar-refractivity contribution in [3.8, 4) is 33.5 Å². The molecule has 37 heavy (non-hydrogen) atoms. The molecule has 5 aromatic rings. The Bertz CT molecular complexity index is 1710. The van der Waals surface area contributed by atoms with Gasteiger partial charge in [-0.1, -0.05) is 30.3 Å². The van der Waals surface area contributed by atoms with Crippen LogP contribution in [-0.4, -0.2) is 35.9 Å². The molecule has 1 N–H and O–H groups in total. The highest BCUT2D eigenvalue weighted by Gasteiger charge is 2.32. The molecule has 4 heterocycles. The highest BCUT2D eigenvalue weighted by molar-refractivity contribution is 7.98. The van der Waals surface area contributed by atoms with E-state index in [2.05, 4.69) is 10.1 Å². The van der Waals surface area contributed by atoms with E-state index in [1.807, 2.05) is 42.8 Å². The number of alkyl halides is 3. The van der Waals surface area contributed by atoms with Gasteiger partial charge >= 0.3 is 6.30 Å². The van der Waals surface area contributed by atoms with E-state index in [9.17, 15) is 22.8 Å². The van der Waals surface area contributed by atoms with E-state index in [0.717, 1.165) is 29.3 Å². The minimum Gasteiger partial charge on any atom is -0.350 e. The SMILES string of the molecule is CSCCn1cc(-c2ccccc2)c(-c2cn(C)c(=O)c3[nH]c(-c4cnn(C(F)(F)F)c4)cc23)cc1=O. The largest absolute Gasteiger partial charge is 0.504 e. The number of hydrogen-bond donors (Lipinski definition) is 1. The average molecular weight is 526 g/mol. The molecule has 0 unspecified atom stereocenters. The molecule has 0 amide bonds. The third-order valence-corrected chi connectivity index (χ3v) is 6.75. The van der Waals surface area contributed by atoms with Crippen LogP contribution in [0.5, 0.6) is 0 Å². The molecule has 4 aromatic heterocycles. The van der Waals surface area contributed by atoms with Crippen LogP contribution in [0.1, 0.15) is 0 Å². The molecule has 0 aliphatic heterocycles. The molecule has 0 spiro atoms. The van der Waals surface area contributed by atoms with Gasteiger partial charge in [0.2, 0.25) is 0 Å². The molecule has 0 atom stereocenters. The Kier molecular flexibility index (Phi) is 6.32. The van der Waals surface area contributed by atoms with Gasteiger partial charge in [-0.25, -0.2) is 0 Å². The lowest BCUT2D eigenvalue weighted by molar-refractivity contribution is -0.212. The highest BCUT2D eigenvalue weighted by Crippen LogP contribution is 2.36. The van der Waals surface area contributed by atoms with Gasteiger partial charge in [-0.15, -0.1) is 13.2 Å². The Morgan fingerprint density at radius 3 is 2.41 bits per heavy atom. The predicted octanol–water partition coefficient (Wildman–Crippen LogP) is 5.07. The van der Waals surface area contributed by atoms with Crippen molar-refractivity contribution in [3.63, 3.8) is 0 Å². The van der Waals surface area contributed by atoms with Crippen LogP contribution in [0.15, 0.2) is 76.8 Å². The fraction of sp³-hybridized carbons (Fsp3) is 0.192. The van der Waals surface area contributed by atoms with Crippen LogP contribution in [0.4, 0.5) is 13.2 Å². The number of aromatic nitrogens is 5. The van der Waals surface area contributed by atoms with Crippen molar-refractivity contribution in [2.45, 2.75) is 12.8 Å². The predicted molar refractivity (Wildman–Crippen MR) is 140 cm³/mol. The summed E-state index contributed by atoms with van der Waals surface area (Å²) in [5, 5.41) is 3.89. The van der Waals surface area contributed by atoms with Crippen LogP contribution in [-0.2, 0) is 19.9 Å². The number of halogens is 3. The topological polar surface area (TPSA) is 77.6 Å². The zero-order valence-electron chi connectivity index (χ0n) is 19.9. The van der Waals surface area contributed by atoms with Crippen LogP contribution in [0.2, 0.25) is 0 Å². The van der Waals surface area contributed by atoms with Crippen molar-refractivity contribution >= 4 is 22.7 Å². The highest BCUT2D eigenvalue weighted by atomic mass is 32.2. The number of H-pyrrole nitrogens is 1. The maximum atomic E-state index is 13.1. The van der Waals surface area contributed by atoms with Crippen molar-refractivity contribution in [2.75, 3.05) is 12.0 Å². The van der Waals surface area contributed by atoms with Gasteiger partial charge in [0.25, 0.3) is 11.1 Å². The first-order valence-electron chi connectivity index (χ1n) is 11.3. The molecule has 1 aromatic carbocycles. The van der Waals surface area contributed by atoms with Gasteiger partial charge in [0.15, 0.2) is 0 Å². The molecule has 0 saturated heterocycles. The van der Waals surface area contributed by atoms with Crippen LogP contribution < -0.4 is 11.1 Å². The van der Waals surface area contributed by atoms with Crippen molar-refractivity contribution in [1.82, 2.24) is 23.9 Å². The summed E-state index contributed by atoms with van der Waals surface area (Å²) in [6, 6.07) is 12.8. The lowest BCUT2D eigenvalue weighted by Crippen LogP contribution is -2.21. The molecular formula is C26H22F3N5O2S. The first-order chi connectivity index (χ1) is 17.7. The number of nitrogens with one attached hydrogen (secondary N) is 1. The Morgan fingerprint density at radius 1 is 0.973 bits per heavy atom. The number of thioether (sulfide) groups is 1. The Hall–Kier alpha value is -3.99. The molecule has 190 valence electrons. The van der Waals surface area contributed by atoms with Crippen molar-refractivity contribution < 1.29 is 13.2 Å². The first-order valence-corrected chi connectivity index (χ1v) is 12.7. The second kappa shape index (κ2) is 9.47. The molecule has 5 rings (SSSR count). The molecule has 0 bridgehead atoms. The van der Waals surface area contributed by atoms with Gasteiger partial charge in [0.1, 0.15) is 5.52 Å². The Morgan fingerprint density at radius 2 is 1.73 bits per heavy atom. The number of hydrogen-bond acceptors (Lipinski definition) is 4. The van der Waals surface area contributed by atoms with Crippen LogP contribution >= 0.6 is 11.8 Å². The number of aryl methyl sites for hydroxylation is 2. The molecule has 0 fully saturated rings. The van der Waals surface area contributed by atoms with E-state index in [4.69, 9.17) is 0 Å². The summed E-state index contributed by atoms with van der Waals surface area (Å²) in [6.45, 7) is 0.542. The molecule has 7 nitrogen and oxygen atoms in total. The lowest BCUT2D eigenvalue weighted by Gasteiger charge is -2.15. The fourth-order valence-electron chi connectivity index (χ4n) is 4.31.